The summed E-state index contributed by atoms with van der Waals surface area (Å²) < 4.78 is 11.3. The molecule has 9 nitrogen and oxygen atoms in total. The van der Waals surface area contributed by atoms with E-state index in [1.165, 1.54) is 173 Å². The molecular weight excluding hydrogens is 959 g/mol. The van der Waals surface area contributed by atoms with E-state index in [9.17, 15) is 30.3 Å². The quantitative estimate of drug-likeness (QED) is 0.0261. The molecule has 1 aliphatic rings. The summed E-state index contributed by atoms with van der Waals surface area (Å²) in [5.74, 6) is -0.201. The van der Waals surface area contributed by atoms with Crippen LogP contribution in [0.1, 0.15) is 284 Å². The lowest BCUT2D eigenvalue weighted by molar-refractivity contribution is -0.302. The van der Waals surface area contributed by atoms with Gasteiger partial charge in [-0.1, -0.05) is 292 Å². The van der Waals surface area contributed by atoms with Crippen molar-refractivity contribution in [2.75, 3.05) is 13.2 Å². The third-order valence-corrected chi connectivity index (χ3v) is 15.0. The minimum atomic E-state index is -1.58. The Morgan fingerprint density at radius 3 is 1.19 bits per heavy atom. The molecule has 1 aliphatic heterocycles. The molecule has 7 unspecified atom stereocenters. The van der Waals surface area contributed by atoms with Crippen LogP contribution in [0.15, 0.2) is 85.1 Å². The average Bonchev–Trinajstić information content (AvgIpc) is 3.43. The lowest BCUT2D eigenvalue weighted by atomic mass is 9.99. The second kappa shape index (κ2) is 56.6. The van der Waals surface area contributed by atoms with Crippen molar-refractivity contribution >= 4 is 5.91 Å². The summed E-state index contributed by atoms with van der Waals surface area (Å²) in [6, 6.07) is -0.826. The van der Waals surface area contributed by atoms with Crippen LogP contribution in [0.3, 0.4) is 0 Å². The van der Waals surface area contributed by atoms with Gasteiger partial charge < -0.3 is 40.3 Å². The van der Waals surface area contributed by atoms with Crippen molar-refractivity contribution < 1.29 is 39.8 Å². The van der Waals surface area contributed by atoms with Gasteiger partial charge in [0.15, 0.2) is 6.29 Å². The first-order chi connectivity index (χ1) is 37.8. The second-order valence-corrected chi connectivity index (χ2v) is 22.2. The van der Waals surface area contributed by atoms with E-state index in [1.807, 2.05) is 6.08 Å². The molecule has 0 aromatic heterocycles. The van der Waals surface area contributed by atoms with Gasteiger partial charge in [-0.25, -0.2) is 0 Å². The summed E-state index contributed by atoms with van der Waals surface area (Å²) in [6.07, 6.45) is 73.8. The van der Waals surface area contributed by atoms with E-state index in [2.05, 4.69) is 92.1 Å². The maximum absolute atomic E-state index is 13.1. The molecule has 0 aromatic rings. The normalized spacial score (nSPS) is 19.3. The first kappa shape index (κ1) is 72.4. The average molecular weight is 1080 g/mol. The van der Waals surface area contributed by atoms with E-state index in [4.69, 9.17) is 9.47 Å². The van der Waals surface area contributed by atoms with E-state index < -0.39 is 49.5 Å². The highest BCUT2D eigenvalue weighted by molar-refractivity contribution is 5.76. The standard InChI is InChI=1S/C68H121NO8/c1-3-5-7-9-11-13-15-17-19-21-23-25-27-28-29-30-31-32-33-34-36-37-39-41-43-45-47-49-51-53-55-57-62(71)61(60-76-68-67(75)66(74)65(73)63(59-70)77-68)69-64(72)58-56-54-52-50-48-46-44-42-40-38-35-26-24-22-20-18-16-14-12-10-8-6-4-2/h6,8,12,14,18,20,24,26,38,40,44,46,55,57,61-63,65-68,70-71,73-75H,3-5,7,9-11,13,15-17,19,21-23,25,27-37,39,41-43,45,47-54,56,58-60H2,1-2H3,(H,69,72)/b8-6-,14-12-,20-18-,26-24-,40-38-,46-44-,57-55+. The highest BCUT2D eigenvalue weighted by Crippen LogP contribution is 2.23. The van der Waals surface area contributed by atoms with Crippen LogP contribution in [0.25, 0.3) is 0 Å². The topological polar surface area (TPSA) is 149 Å². The third-order valence-electron chi connectivity index (χ3n) is 15.0. The molecule has 77 heavy (non-hydrogen) atoms. The molecule has 0 radical (unpaired) electrons. The number of aliphatic hydroxyl groups is 5. The number of rotatable bonds is 55. The maximum Gasteiger partial charge on any atom is 0.220 e. The summed E-state index contributed by atoms with van der Waals surface area (Å²) in [6.45, 7) is 3.67. The van der Waals surface area contributed by atoms with E-state index >= 15 is 0 Å². The van der Waals surface area contributed by atoms with Gasteiger partial charge >= 0.3 is 0 Å². The van der Waals surface area contributed by atoms with Crippen LogP contribution in [-0.2, 0) is 14.3 Å². The number of carbonyl (C=O) groups excluding carboxylic acids is 1. The summed E-state index contributed by atoms with van der Waals surface area (Å²) in [5, 5.41) is 54.6. The van der Waals surface area contributed by atoms with Crippen molar-refractivity contribution in [3.63, 3.8) is 0 Å². The van der Waals surface area contributed by atoms with Crippen molar-refractivity contribution in [2.45, 2.75) is 326 Å². The fourth-order valence-electron chi connectivity index (χ4n) is 9.93. The molecule has 0 spiro atoms. The first-order valence-corrected chi connectivity index (χ1v) is 32.3. The zero-order chi connectivity index (χ0) is 55.8. The van der Waals surface area contributed by atoms with Gasteiger partial charge in [-0.05, 0) is 70.6 Å². The number of carbonyl (C=O) groups is 1. The predicted octanol–water partition coefficient (Wildman–Crippen LogP) is 17.0. The Morgan fingerprint density at radius 1 is 0.455 bits per heavy atom. The maximum atomic E-state index is 13.1. The minimum Gasteiger partial charge on any atom is -0.394 e. The third kappa shape index (κ3) is 45.8. The van der Waals surface area contributed by atoms with Crippen LogP contribution in [-0.4, -0.2) is 87.5 Å². The molecule has 6 N–H and O–H groups in total. The molecule has 0 saturated carbocycles. The lowest BCUT2D eigenvalue weighted by Gasteiger charge is -2.40. The summed E-state index contributed by atoms with van der Waals surface area (Å²) in [4.78, 5) is 13.1. The molecule has 1 rings (SSSR count). The number of ether oxygens (including phenoxy) is 2. The van der Waals surface area contributed by atoms with E-state index in [0.717, 1.165) is 89.9 Å². The van der Waals surface area contributed by atoms with Gasteiger partial charge in [0.2, 0.25) is 5.91 Å². The Hall–Kier alpha value is -2.63. The Morgan fingerprint density at radius 2 is 0.805 bits per heavy atom. The Labute approximate surface area is 473 Å². The molecule has 0 aromatic carbocycles. The number of unbranched alkanes of at least 4 members (excludes halogenated alkanes) is 33. The molecular formula is C68H121NO8. The van der Waals surface area contributed by atoms with E-state index in [-0.39, 0.29) is 12.5 Å². The predicted molar refractivity (Wildman–Crippen MR) is 327 cm³/mol. The fraction of sp³-hybridized carbons (Fsp3) is 0.779. The Kier molecular flexibility index (Phi) is 53.2. The zero-order valence-corrected chi connectivity index (χ0v) is 49.7. The Balaban J connectivity index is 2.19. The molecule has 7 atom stereocenters. The lowest BCUT2D eigenvalue weighted by Crippen LogP contribution is -2.60. The SMILES string of the molecule is CC/C=C\C/C=C\C/C=C\C/C=C\C/C=C\C/C=C\CCCCCCC(=O)NC(COC1OC(CO)C(O)C(O)C1O)C(O)/C=C/CCCCCCCCCCCCCCCCCCCCCCCCCCCCCCC. The Bertz CT molecular complexity index is 1490. The van der Waals surface area contributed by atoms with Crippen molar-refractivity contribution in [1.82, 2.24) is 5.32 Å². The van der Waals surface area contributed by atoms with Crippen molar-refractivity contribution in [2.24, 2.45) is 0 Å². The van der Waals surface area contributed by atoms with E-state index in [0.29, 0.717) is 6.42 Å². The van der Waals surface area contributed by atoms with Crippen LogP contribution >= 0.6 is 0 Å². The molecule has 0 aliphatic carbocycles. The molecule has 1 amide bonds. The van der Waals surface area contributed by atoms with Crippen LogP contribution < -0.4 is 5.32 Å². The molecule has 9 heteroatoms. The van der Waals surface area contributed by atoms with Crippen LogP contribution in [0.4, 0.5) is 0 Å². The van der Waals surface area contributed by atoms with E-state index in [1.54, 1.807) is 6.08 Å². The van der Waals surface area contributed by atoms with Gasteiger partial charge in [0.25, 0.3) is 0 Å². The first-order valence-electron chi connectivity index (χ1n) is 32.3. The molecule has 1 heterocycles. The van der Waals surface area contributed by atoms with Crippen molar-refractivity contribution in [1.29, 1.82) is 0 Å². The van der Waals surface area contributed by atoms with Crippen LogP contribution in [0.2, 0.25) is 0 Å². The van der Waals surface area contributed by atoms with Crippen LogP contribution in [0.5, 0.6) is 0 Å². The van der Waals surface area contributed by atoms with Gasteiger partial charge in [0.05, 0.1) is 25.4 Å². The largest absolute Gasteiger partial charge is 0.394 e. The number of nitrogens with one attached hydrogen (secondary N) is 1. The zero-order valence-electron chi connectivity index (χ0n) is 49.7. The number of amides is 1. The number of allylic oxidation sites excluding steroid dienone is 13. The molecule has 0 bridgehead atoms. The summed E-state index contributed by atoms with van der Waals surface area (Å²) in [7, 11) is 0. The highest BCUT2D eigenvalue weighted by Gasteiger charge is 2.44. The summed E-state index contributed by atoms with van der Waals surface area (Å²) >= 11 is 0. The summed E-state index contributed by atoms with van der Waals surface area (Å²) in [5.41, 5.74) is 0. The molecule has 446 valence electrons. The van der Waals surface area contributed by atoms with Crippen molar-refractivity contribution in [3.8, 4) is 0 Å². The van der Waals surface area contributed by atoms with Crippen LogP contribution in [0, 0.1) is 0 Å². The minimum absolute atomic E-state index is 0.201. The van der Waals surface area contributed by atoms with Gasteiger partial charge in [-0.3, -0.25) is 4.79 Å². The van der Waals surface area contributed by atoms with Gasteiger partial charge in [0.1, 0.15) is 24.4 Å². The monoisotopic (exact) mass is 1080 g/mol. The second-order valence-electron chi connectivity index (χ2n) is 22.2. The highest BCUT2D eigenvalue weighted by atomic mass is 16.7. The number of hydrogen-bond donors (Lipinski definition) is 6. The van der Waals surface area contributed by atoms with Gasteiger partial charge in [-0.2, -0.15) is 0 Å². The van der Waals surface area contributed by atoms with Crippen molar-refractivity contribution in [3.05, 3.63) is 85.1 Å². The molecule has 1 fully saturated rings. The van der Waals surface area contributed by atoms with Gasteiger partial charge in [-0.15, -0.1) is 0 Å². The fourth-order valence-corrected chi connectivity index (χ4v) is 9.93. The molecule has 1 saturated heterocycles. The number of aliphatic hydroxyl groups excluding tert-OH is 5. The smallest absolute Gasteiger partial charge is 0.220 e. The van der Waals surface area contributed by atoms with Gasteiger partial charge in [0, 0.05) is 6.42 Å². The number of hydrogen-bond acceptors (Lipinski definition) is 8.